The molecule has 0 saturated carbocycles. The fraction of sp³-hybridized carbons (Fsp3) is 0.0444. The molecule has 2 atom stereocenters. The van der Waals surface area contributed by atoms with Gasteiger partial charge in [0.05, 0.1) is 33.3 Å². The molecule has 0 N–H and O–H groups in total. The minimum atomic E-state index is -1.84. The summed E-state index contributed by atoms with van der Waals surface area (Å²) in [6.07, 6.45) is 3.14. The van der Waals surface area contributed by atoms with Crippen molar-refractivity contribution in [3.05, 3.63) is 325 Å². The van der Waals surface area contributed by atoms with Gasteiger partial charge in [-0.3, -0.25) is 38.9 Å². The van der Waals surface area contributed by atoms with Crippen molar-refractivity contribution in [2.75, 3.05) is 0 Å². The van der Waals surface area contributed by atoms with Gasteiger partial charge in [-0.15, -0.1) is 0 Å². The standard InChI is InChI=1S/C90H56N4O16/c1-49(2)87(99)107-59-33-37-61(38-34-59)109-89(101)81(53-31-29-51-19-17-41-91-67(51)43-53)93-83(95)63-45-69(103-55-21-9-5-10-22-55)75-77-71(105-57-25-13-7-14-26-57)47-65-74-66(48-72(106-58-27-15-8-16-28-58)78(80(74)77)76-70(104-56-23-11-6-12-24-56)46-64(84(93)96)73(63)79(75)76)86(98)94(85(65)97)82(54-32-30-52-20-18-42-92-68(52)44-54)90(102)110-62-39-35-60(36-40-62)108-88(100)50(3)4/h5-48,81-82H,1,3H2,2,4H3. The quantitative estimate of drug-likeness (QED) is 0.0172. The van der Waals surface area contributed by atoms with Crippen molar-refractivity contribution in [3.63, 3.8) is 0 Å². The Hall–Kier alpha value is -15.2. The van der Waals surface area contributed by atoms with E-state index in [1.165, 1.54) is 86.6 Å². The van der Waals surface area contributed by atoms with Gasteiger partial charge in [0.1, 0.15) is 69.0 Å². The van der Waals surface area contributed by atoms with Gasteiger partial charge < -0.3 is 37.9 Å². The van der Waals surface area contributed by atoms with Crippen LogP contribution in [0.15, 0.2) is 291 Å². The third-order valence-corrected chi connectivity index (χ3v) is 18.9. The van der Waals surface area contributed by atoms with Crippen LogP contribution >= 0.6 is 0 Å². The normalized spacial score (nSPS) is 13.0. The number of pyridine rings is 2. The Balaban J connectivity index is 0.943. The van der Waals surface area contributed by atoms with Crippen LogP contribution in [0.3, 0.4) is 0 Å². The van der Waals surface area contributed by atoms with E-state index < -0.39 is 59.6 Å². The average Bonchev–Trinajstić information content (AvgIpc) is 0.670. The highest BCUT2D eigenvalue weighted by atomic mass is 16.6. The van der Waals surface area contributed by atoms with Crippen molar-refractivity contribution in [1.29, 1.82) is 0 Å². The molecule has 0 spiro atoms. The van der Waals surface area contributed by atoms with E-state index in [0.29, 0.717) is 21.8 Å². The fourth-order valence-electron chi connectivity index (χ4n) is 14.0. The molecule has 2 aliphatic heterocycles. The van der Waals surface area contributed by atoms with E-state index in [0.717, 1.165) is 9.80 Å². The molecular weight excluding hydrogens is 1390 g/mol. The number of ether oxygens (including phenoxy) is 8. The number of imide groups is 2. The zero-order chi connectivity index (χ0) is 75.6. The van der Waals surface area contributed by atoms with Gasteiger partial charge in [0.15, 0.2) is 12.1 Å². The van der Waals surface area contributed by atoms with E-state index in [-0.39, 0.29) is 157 Å². The molecule has 0 aliphatic carbocycles. The van der Waals surface area contributed by atoms with Gasteiger partial charge >= 0.3 is 23.9 Å². The van der Waals surface area contributed by atoms with Crippen LogP contribution < -0.4 is 37.9 Å². The van der Waals surface area contributed by atoms with Crippen LogP contribution in [0.4, 0.5) is 0 Å². The topological polar surface area (TPSA) is 243 Å². The van der Waals surface area contributed by atoms with Crippen LogP contribution in [0.25, 0.3) is 64.9 Å². The molecule has 0 radical (unpaired) electrons. The summed E-state index contributed by atoms with van der Waals surface area (Å²) in [5.41, 5.74) is 0.895. The van der Waals surface area contributed by atoms with E-state index in [1.54, 1.807) is 182 Å². The first-order valence-electron chi connectivity index (χ1n) is 34.6. The second-order valence-corrected chi connectivity index (χ2v) is 26.2. The van der Waals surface area contributed by atoms with Crippen molar-refractivity contribution in [3.8, 4) is 69.0 Å². The molecule has 2 aromatic heterocycles. The number of nitrogens with zero attached hydrogens (tertiary/aromatic N) is 4. The summed E-state index contributed by atoms with van der Waals surface area (Å²) >= 11 is 0. The van der Waals surface area contributed by atoms with Gasteiger partial charge in [-0.05, 0) is 171 Å². The number of fused-ring (bicyclic) bond motifs is 4. The number of benzene rings is 13. The molecule has 0 fully saturated rings. The van der Waals surface area contributed by atoms with Crippen molar-refractivity contribution in [2.45, 2.75) is 25.9 Å². The van der Waals surface area contributed by atoms with Gasteiger partial charge in [0, 0.05) is 77.4 Å². The Kier molecular flexibility index (Phi) is 17.1. The molecular formula is C90H56N4O16. The molecule has 0 bridgehead atoms. The van der Waals surface area contributed by atoms with Crippen LogP contribution in [-0.4, -0.2) is 67.3 Å². The molecule has 4 heterocycles. The predicted octanol–water partition coefficient (Wildman–Crippen LogP) is 18.9. The summed E-state index contributed by atoms with van der Waals surface area (Å²) in [6.45, 7) is 10.3. The molecule has 4 amide bonds. The number of amides is 4. The predicted molar refractivity (Wildman–Crippen MR) is 409 cm³/mol. The zero-order valence-electron chi connectivity index (χ0n) is 58.3. The maximum absolute atomic E-state index is 16.6. The SMILES string of the molecule is C=C(C)C(=O)Oc1ccc(OC(=O)C(c2ccc3cccnc3c2)N2C(=O)c3cc(Oc4ccccc4)c4c5c(Oc6ccccc6)cc6c7c(cc(Oc8ccccc8)c(c8c(Oc9ccccc9)cc(c3c48)C2=O)c75)C(=O)N(C(C(=O)Oc2ccc(OC(=O)C(=C)C)cc2)c2ccc3cccnc3c2)C6=O)cc1. The number of hydrogen-bond donors (Lipinski definition) is 0. The minimum Gasteiger partial charge on any atom is -0.457 e. The molecule has 15 aromatic rings. The Morgan fingerprint density at radius 2 is 0.591 bits per heavy atom. The Labute approximate surface area is 625 Å². The van der Waals surface area contributed by atoms with Crippen LogP contribution in [0, 0.1) is 0 Å². The summed E-state index contributed by atoms with van der Waals surface area (Å²) in [4.78, 5) is 134. The lowest BCUT2D eigenvalue weighted by Gasteiger charge is -2.35. The van der Waals surface area contributed by atoms with Crippen molar-refractivity contribution in [1.82, 2.24) is 19.8 Å². The van der Waals surface area contributed by atoms with Crippen LogP contribution in [-0.2, 0) is 19.2 Å². The molecule has 110 heavy (non-hydrogen) atoms. The van der Waals surface area contributed by atoms with Crippen LogP contribution in [0.2, 0.25) is 0 Å². The number of hydrogen-bond acceptors (Lipinski definition) is 18. The van der Waals surface area contributed by atoms with Gasteiger partial charge in [0.25, 0.3) is 23.6 Å². The molecule has 17 rings (SSSR count). The third-order valence-electron chi connectivity index (χ3n) is 18.9. The number of esters is 4. The lowest BCUT2D eigenvalue weighted by atomic mass is 9.80. The van der Waals surface area contributed by atoms with Gasteiger partial charge in [0.2, 0.25) is 0 Å². The van der Waals surface area contributed by atoms with Crippen LogP contribution in [0.1, 0.15) is 78.5 Å². The van der Waals surface area contributed by atoms with E-state index in [2.05, 4.69) is 23.1 Å². The van der Waals surface area contributed by atoms with E-state index in [4.69, 9.17) is 37.9 Å². The second kappa shape index (κ2) is 27.7. The number of carbonyl (C=O) groups excluding carboxylic acids is 8. The van der Waals surface area contributed by atoms with Crippen LogP contribution in [0.5, 0.6) is 69.0 Å². The summed E-state index contributed by atoms with van der Waals surface area (Å²) in [7, 11) is 0. The first kappa shape index (κ1) is 68.0. The Morgan fingerprint density at radius 3 is 0.873 bits per heavy atom. The molecule has 532 valence electrons. The van der Waals surface area contributed by atoms with Crippen molar-refractivity contribution >= 4 is 112 Å². The first-order chi connectivity index (χ1) is 53.5. The average molecular weight is 1450 g/mol. The highest BCUT2D eigenvalue weighted by molar-refractivity contribution is 6.45. The van der Waals surface area contributed by atoms with E-state index in [9.17, 15) is 9.59 Å². The smallest absolute Gasteiger partial charge is 0.339 e. The first-order valence-corrected chi connectivity index (χ1v) is 34.6. The van der Waals surface area contributed by atoms with Crippen molar-refractivity contribution in [2.24, 2.45) is 0 Å². The van der Waals surface area contributed by atoms with Gasteiger partial charge in [-0.25, -0.2) is 19.2 Å². The van der Waals surface area contributed by atoms with Gasteiger partial charge in [-0.1, -0.05) is 122 Å². The Bertz CT molecular complexity index is 5820. The van der Waals surface area contributed by atoms with E-state index >= 15 is 28.8 Å². The molecule has 20 heteroatoms. The summed E-state index contributed by atoms with van der Waals surface area (Å²) in [5.74, 6) is -6.20. The molecule has 2 unspecified atom stereocenters. The lowest BCUT2D eigenvalue weighted by molar-refractivity contribution is -0.139. The molecule has 13 aromatic carbocycles. The largest absolute Gasteiger partial charge is 0.457 e. The maximum Gasteiger partial charge on any atom is 0.339 e. The minimum absolute atomic E-state index is 0.0218. The molecule has 2 aliphatic rings. The second-order valence-electron chi connectivity index (χ2n) is 26.2. The summed E-state index contributed by atoms with van der Waals surface area (Å²) < 4.78 is 51.8. The number of aromatic nitrogens is 2. The highest BCUT2D eigenvalue weighted by Gasteiger charge is 2.48. The fourth-order valence-corrected chi connectivity index (χ4v) is 14.0. The Morgan fingerprint density at radius 1 is 0.309 bits per heavy atom. The molecule has 0 saturated heterocycles. The lowest BCUT2D eigenvalue weighted by Crippen LogP contribution is -2.47. The maximum atomic E-state index is 16.6. The number of carbonyl (C=O) groups is 8. The zero-order valence-corrected chi connectivity index (χ0v) is 58.3. The number of para-hydroxylation sites is 4. The van der Waals surface area contributed by atoms with Crippen molar-refractivity contribution < 1.29 is 76.3 Å². The monoisotopic (exact) mass is 1450 g/mol. The third kappa shape index (κ3) is 12.2. The highest BCUT2D eigenvalue weighted by Crippen LogP contribution is 2.59. The van der Waals surface area contributed by atoms with E-state index in [1.807, 2.05) is 12.1 Å². The van der Waals surface area contributed by atoms with Gasteiger partial charge in [-0.2, -0.15) is 0 Å². The summed E-state index contributed by atoms with van der Waals surface area (Å²) in [6, 6.07) is 65.2. The summed E-state index contributed by atoms with van der Waals surface area (Å²) in [5, 5.41) is 2.59. The number of rotatable bonds is 20. The molecule has 20 nitrogen and oxygen atoms in total.